The van der Waals surface area contributed by atoms with Crippen molar-refractivity contribution in [2.45, 2.75) is 33.1 Å². The maximum absolute atomic E-state index is 12.0. The Bertz CT molecular complexity index is 436. The lowest BCUT2D eigenvalue weighted by molar-refractivity contribution is -0.133. The number of hydrogen-bond acceptors (Lipinski definition) is 2. The Hall–Kier alpha value is -1.44. The highest BCUT2D eigenvalue weighted by Gasteiger charge is 2.35. The Morgan fingerprint density at radius 3 is 2.56 bits per heavy atom. The Kier molecular flexibility index (Phi) is 3.95. The van der Waals surface area contributed by atoms with Gasteiger partial charge in [0.05, 0.1) is 0 Å². The highest BCUT2D eigenvalue weighted by atomic mass is 16.1. The summed E-state index contributed by atoms with van der Waals surface area (Å²) >= 11 is 0. The molecule has 1 aliphatic rings. The summed E-state index contributed by atoms with van der Waals surface area (Å²) in [4.78, 5) is 23.5. The van der Waals surface area contributed by atoms with Gasteiger partial charge in [0.15, 0.2) is 0 Å². The third-order valence-electron chi connectivity index (χ3n) is 4.17. The third-order valence-corrected chi connectivity index (χ3v) is 4.17. The molecule has 2 heteroatoms. The smallest absolute Gasteiger partial charge is 0.136 e. The highest BCUT2D eigenvalue weighted by molar-refractivity contribution is 5.89. The lowest BCUT2D eigenvalue weighted by Gasteiger charge is -2.32. The van der Waals surface area contributed by atoms with E-state index >= 15 is 0 Å². The van der Waals surface area contributed by atoms with Gasteiger partial charge in [-0.2, -0.15) is 0 Å². The van der Waals surface area contributed by atoms with Crippen molar-refractivity contribution in [1.29, 1.82) is 0 Å². The third kappa shape index (κ3) is 2.87. The molecule has 1 aromatic carbocycles. The summed E-state index contributed by atoms with van der Waals surface area (Å²) in [6, 6.07) is 10.2. The Labute approximate surface area is 108 Å². The van der Waals surface area contributed by atoms with Gasteiger partial charge in [-0.1, -0.05) is 37.3 Å². The molecule has 96 valence electrons. The molecule has 0 bridgehead atoms. The van der Waals surface area contributed by atoms with Crippen LogP contribution in [0.1, 0.15) is 32.3 Å². The van der Waals surface area contributed by atoms with Crippen molar-refractivity contribution in [3.63, 3.8) is 0 Å². The lowest BCUT2D eigenvalue weighted by atomic mass is 9.71. The highest BCUT2D eigenvalue weighted by Crippen LogP contribution is 2.34. The van der Waals surface area contributed by atoms with E-state index in [0.29, 0.717) is 12.3 Å². The fourth-order valence-corrected chi connectivity index (χ4v) is 2.83. The molecule has 1 fully saturated rings. The number of Topliss-reactive ketones (excluding diaryl/α,β-unsaturated/α-hetero) is 2. The molecule has 0 radical (unpaired) electrons. The normalized spacial score (nSPS) is 28.1. The first kappa shape index (κ1) is 13.0. The molecular weight excluding hydrogens is 224 g/mol. The van der Waals surface area contributed by atoms with Crippen LogP contribution in [0.25, 0.3) is 0 Å². The second-order valence-corrected chi connectivity index (χ2v) is 5.45. The van der Waals surface area contributed by atoms with Crippen LogP contribution in [-0.4, -0.2) is 11.6 Å². The van der Waals surface area contributed by atoms with Crippen molar-refractivity contribution in [2.75, 3.05) is 0 Å². The van der Waals surface area contributed by atoms with Gasteiger partial charge in [0.25, 0.3) is 0 Å². The monoisotopic (exact) mass is 244 g/mol. The largest absolute Gasteiger partial charge is 0.300 e. The van der Waals surface area contributed by atoms with Gasteiger partial charge in [0.2, 0.25) is 0 Å². The molecule has 0 aromatic heterocycles. The number of carbonyl (C=O) groups excluding carboxylic acids is 2. The minimum atomic E-state index is -0.0533. The molecule has 3 atom stereocenters. The number of benzene rings is 1. The van der Waals surface area contributed by atoms with Gasteiger partial charge >= 0.3 is 0 Å². The second-order valence-electron chi connectivity index (χ2n) is 5.45. The number of rotatable bonds is 3. The van der Waals surface area contributed by atoms with Gasteiger partial charge in [-0.3, -0.25) is 9.59 Å². The van der Waals surface area contributed by atoms with E-state index in [1.54, 1.807) is 6.92 Å². The van der Waals surface area contributed by atoms with Crippen molar-refractivity contribution in [3.05, 3.63) is 35.9 Å². The molecule has 0 N–H and O–H groups in total. The van der Waals surface area contributed by atoms with E-state index in [9.17, 15) is 9.59 Å². The molecule has 0 saturated heterocycles. The van der Waals surface area contributed by atoms with Gasteiger partial charge in [0.1, 0.15) is 11.6 Å². The molecule has 2 rings (SSSR count). The maximum Gasteiger partial charge on any atom is 0.136 e. The van der Waals surface area contributed by atoms with Crippen molar-refractivity contribution in [2.24, 2.45) is 17.8 Å². The molecule has 2 nitrogen and oxygen atoms in total. The van der Waals surface area contributed by atoms with Crippen molar-refractivity contribution < 1.29 is 9.59 Å². The molecule has 1 aliphatic carbocycles. The van der Waals surface area contributed by atoms with Crippen LogP contribution in [0.2, 0.25) is 0 Å². The van der Waals surface area contributed by atoms with Crippen LogP contribution in [-0.2, 0) is 16.0 Å². The van der Waals surface area contributed by atoms with Crippen LogP contribution in [0.15, 0.2) is 30.3 Å². The summed E-state index contributed by atoms with van der Waals surface area (Å²) < 4.78 is 0. The van der Waals surface area contributed by atoms with Crippen molar-refractivity contribution in [1.82, 2.24) is 0 Å². The molecular formula is C16H20O2. The zero-order chi connectivity index (χ0) is 13.1. The maximum atomic E-state index is 12.0. The summed E-state index contributed by atoms with van der Waals surface area (Å²) in [7, 11) is 0. The topological polar surface area (TPSA) is 34.1 Å². The Balaban J connectivity index is 2.10. The summed E-state index contributed by atoms with van der Waals surface area (Å²) in [5, 5.41) is 0. The molecule has 1 saturated carbocycles. The van der Waals surface area contributed by atoms with Crippen molar-refractivity contribution >= 4 is 11.6 Å². The van der Waals surface area contributed by atoms with Crippen LogP contribution in [0.5, 0.6) is 0 Å². The fraction of sp³-hybridized carbons (Fsp3) is 0.500. The van der Waals surface area contributed by atoms with E-state index in [1.807, 2.05) is 25.1 Å². The van der Waals surface area contributed by atoms with E-state index in [0.717, 1.165) is 12.8 Å². The summed E-state index contributed by atoms with van der Waals surface area (Å²) in [5.41, 5.74) is 1.26. The number of carbonyl (C=O) groups is 2. The van der Waals surface area contributed by atoms with Gasteiger partial charge in [0, 0.05) is 18.3 Å². The molecule has 0 aliphatic heterocycles. The van der Waals surface area contributed by atoms with E-state index in [2.05, 4.69) is 12.1 Å². The standard InChI is InChI=1S/C16H20O2/c1-11-14(8-13-6-4-3-5-7-13)9-15(12(2)17)10-16(11)18/h3-7,11,14-15H,8-10H2,1-2H3/t11-,14-,15-/m0/s1. The number of hydrogen-bond donors (Lipinski definition) is 0. The first-order chi connectivity index (χ1) is 8.58. The quantitative estimate of drug-likeness (QED) is 0.819. The van der Waals surface area contributed by atoms with Gasteiger partial charge < -0.3 is 0 Å². The Morgan fingerprint density at radius 2 is 1.94 bits per heavy atom. The van der Waals surface area contributed by atoms with Crippen LogP contribution in [0, 0.1) is 17.8 Å². The minimum absolute atomic E-state index is 0.0533. The molecule has 1 aromatic rings. The van der Waals surface area contributed by atoms with E-state index in [1.165, 1.54) is 5.56 Å². The predicted octanol–water partition coefficient (Wildman–Crippen LogP) is 3.05. The van der Waals surface area contributed by atoms with Crippen molar-refractivity contribution in [3.8, 4) is 0 Å². The summed E-state index contributed by atoms with van der Waals surface area (Å²) in [6.45, 7) is 3.61. The van der Waals surface area contributed by atoms with Gasteiger partial charge in [-0.05, 0) is 31.2 Å². The molecule has 0 heterocycles. The van der Waals surface area contributed by atoms with Crippen LogP contribution in [0.3, 0.4) is 0 Å². The van der Waals surface area contributed by atoms with Crippen LogP contribution >= 0.6 is 0 Å². The first-order valence-corrected chi connectivity index (χ1v) is 6.65. The van der Waals surface area contributed by atoms with Crippen LogP contribution in [0.4, 0.5) is 0 Å². The van der Waals surface area contributed by atoms with Crippen LogP contribution < -0.4 is 0 Å². The predicted molar refractivity (Wildman–Crippen MR) is 71.2 cm³/mol. The zero-order valence-corrected chi connectivity index (χ0v) is 11.1. The average Bonchev–Trinajstić information content (AvgIpc) is 2.35. The minimum Gasteiger partial charge on any atom is -0.300 e. The Morgan fingerprint density at radius 1 is 1.28 bits per heavy atom. The van der Waals surface area contributed by atoms with E-state index in [4.69, 9.17) is 0 Å². The van der Waals surface area contributed by atoms with Gasteiger partial charge in [-0.25, -0.2) is 0 Å². The van der Waals surface area contributed by atoms with E-state index in [-0.39, 0.29) is 23.4 Å². The molecule has 0 amide bonds. The second kappa shape index (κ2) is 5.47. The molecule has 18 heavy (non-hydrogen) atoms. The molecule has 0 unspecified atom stereocenters. The van der Waals surface area contributed by atoms with Gasteiger partial charge in [-0.15, -0.1) is 0 Å². The lowest BCUT2D eigenvalue weighted by Crippen LogP contribution is -2.35. The zero-order valence-electron chi connectivity index (χ0n) is 11.1. The number of ketones is 2. The summed E-state index contributed by atoms with van der Waals surface area (Å²) in [5.74, 6) is 0.751. The fourth-order valence-electron chi connectivity index (χ4n) is 2.83. The SMILES string of the molecule is CC(=O)[C@@H]1CC(=O)[C@@H](C)[C@@H](Cc2ccccc2)C1. The average molecular weight is 244 g/mol. The first-order valence-electron chi connectivity index (χ1n) is 6.65. The summed E-state index contributed by atoms with van der Waals surface area (Å²) in [6.07, 6.45) is 2.20. The van der Waals surface area contributed by atoms with E-state index < -0.39 is 0 Å². The molecule has 0 spiro atoms.